The zero-order valence-corrected chi connectivity index (χ0v) is 11.9. The Morgan fingerprint density at radius 2 is 1.90 bits per heavy atom. The number of fused-ring (bicyclic) bond motifs is 1. The summed E-state index contributed by atoms with van der Waals surface area (Å²) in [5, 5.41) is 2.66. The summed E-state index contributed by atoms with van der Waals surface area (Å²) in [5.74, 6) is 0. The molecule has 0 unspecified atom stereocenters. The molecule has 0 aliphatic heterocycles. The summed E-state index contributed by atoms with van der Waals surface area (Å²) in [7, 11) is 0. The van der Waals surface area contributed by atoms with Crippen molar-refractivity contribution in [3.8, 4) is 0 Å². The lowest BCUT2D eigenvalue weighted by atomic mass is 10.1. The molecule has 2 aromatic heterocycles. The van der Waals surface area contributed by atoms with E-state index in [1.165, 1.54) is 11.8 Å². The maximum atomic E-state index is 5.83. The molecule has 1 aromatic carbocycles. The minimum absolute atomic E-state index is 0.450. The van der Waals surface area contributed by atoms with Crippen molar-refractivity contribution in [3.63, 3.8) is 0 Å². The molecule has 20 heavy (non-hydrogen) atoms. The maximum Gasteiger partial charge on any atom is 0.193 e. The lowest BCUT2D eigenvalue weighted by Crippen LogP contribution is -2.01. The third-order valence-corrected chi connectivity index (χ3v) is 3.87. The molecule has 2 heterocycles. The van der Waals surface area contributed by atoms with Crippen molar-refractivity contribution in [1.29, 1.82) is 0 Å². The zero-order valence-electron chi connectivity index (χ0n) is 11.1. The van der Waals surface area contributed by atoms with Gasteiger partial charge in [-0.25, -0.2) is 15.0 Å². The zero-order chi connectivity index (χ0) is 13.9. The number of rotatable bonds is 3. The van der Waals surface area contributed by atoms with Gasteiger partial charge in [-0.2, -0.15) is 0 Å². The predicted molar refractivity (Wildman–Crippen MR) is 80.5 cm³/mol. The molecule has 0 spiro atoms. The molecule has 4 nitrogen and oxygen atoms in total. The molecule has 0 saturated heterocycles. The van der Waals surface area contributed by atoms with Gasteiger partial charge >= 0.3 is 0 Å². The lowest BCUT2D eigenvalue weighted by molar-refractivity contribution is 0.933. The summed E-state index contributed by atoms with van der Waals surface area (Å²) in [5.41, 5.74) is 8.84. The van der Waals surface area contributed by atoms with E-state index in [1.54, 1.807) is 12.4 Å². The Morgan fingerprint density at radius 3 is 2.65 bits per heavy atom. The summed E-state index contributed by atoms with van der Waals surface area (Å²) in [6.07, 6.45) is 3.61. The van der Waals surface area contributed by atoms with Crippen LogP contribution < -0.4 is 5.73 Å². The molecule has 0 aliphatic rings. The number of nitrogens with two attached hydrogens (primary N) is 1. The highest BCUT2D eigenvalue weighted by molar-refractivity contribution is 7.99. The first-order valence-electron chi connectivity index (χ1n) is 6.31. The number of para-hydroxylation sites is 1. The standard InChI is InChI=1S/C15H14N4S/c1-10-8-17-15(18-9-10)20-14-12(7-16)6-11-4-2-3-5-13(11)19-14/h2-6,8-9H,7,16H2,1H3. The fourth-order valence-corrected chi connectivity index (χ4v) is 2.70. The van der Waals surface area contributed by atoms with Crippen molar-refractivity contribution in [3.05, 3.63) is 53.9 Å². The van der Waals surface area contributed by atoms with Gasteiger partial charge < -0.3 is 5.73 Å². The van der Waals surface area contributed by atoms with Gasteiger partial charge in [0.1, 0.15) is 5.03 Å². The third kappa shape index (κ3) is 2.64. The van der Waals surface area contributed by atoms with Crippen LogP contribution in [0.5, 0.6) is 0 Å². The Balaban J connectivity index is 2.03. The minimum Gasteiger partial charge on any atom is -0.326 e. The molecule has 0 fully saturated rings. The van der Waals surface area contributed by atoms with Crippen LogP contribution in [-0.2, 0) is 6.54 Å². The van der Waals surface area contributed by atoms with Gasteiger partial charge in [0.2, 0.25) is 0 Å². The van der Waals surface area contributed by atoms with Crippen molar-refractivity contribution in [1.82, 2.24) is 15.0 Å². The SMILES string of the molecule is Cc1cnc(Sc2nc3ccccc3cc2CN)nc1. The van der Waals surface area contributed by atoms with Gasteiger partial charge in [-0.3, -0.25) is 0 Å². The molecular formula is C15H14N4S. The highest BCUT2D eigenvalue weighted by atomic mass is 32.2. The molecule has 0 saturated carbocycles. The van der Waals surface area contributed by atoms with Gasteiger partial charge in [0, 0.05) is 24.3 Å². The predicted octanol–water partition coefficient (Wildman–Crippen LogP) is 2.94. The van der Waals surface area contributed by atoms with E-state index in [1.807, 2.05) is 31.2 Å². The number of aromatic nitrogens is 3. The van der Waals surface area contributed by atoms with Crippen LogP contribution in [0.15, 0.2) is 52.9 Å². The van der Waals surface area contributed by atoms with Crippen LogP contribution in [0.1, 0.15) is 11.1 Å². The number of aryl methyl sites for hydroxylation is 1. The fourth-order valence-electron chi connectivity index (χ4n) is 1.90. The van der Waals surface area contributed by atoms with Gasteiger partial charge in [-0.05, 0) is 41.9 Å². The van der Waals surface area contributed by atoms with E-state index >= 15 is 0 Å². The topological polar surface area (TPSA) is 64.7 Å². The molecule has 0 amide bonds. The van der Waals surface area contributed by atoms with Crippen molar-refractivity contribution >= 4 is 22.7 Å². The number of pyridine rings is 1. The fraction of sp³-hybridized carbons (Fsp3) is 0.133. The van der Waals surface area contributed by atoms with Crippen molar-refractivity contribution < 1.29 is 0 Å². The van der Waals surface area contributed by atoms with Crippen molar-refractivity contribution in [2.24, 2.45) is 5.73 Å². The van der Waals surface area contributed by atoms with Gasteiger partial charge in [0.25, 0.3) is 0 Å². The maximum absolute atomic E-state index is 5.83. The first kappa shape index (κ1) is 13.0. The first-order valence-corrected chi connectivity index (χ1v) is 7.13. The molecule has 3 rings (SSSR count). The summed E-state index contributed by atoms with van der Waals surface area (Å²) >= 11 is 1.45. The van der Waals surface area contributed by atoms with Gasteiger partial charge in [-0.1, -0.05) is 18.2 Å². The smallest absolute Gasteiger partial charge is 0.193 e. The highest BCUT2D eigenvalue weighted by Gasteiger charge is 2.09. The molecular weight excluding hydrogens is 268 g/mol. The van der Waals surface area contributed by atoms with E-state index in [2.05, 4.69) is 21.0 Å². The van der Waals surface area contributed by atoms with Crippen LogP contribution in [-0.4, -0.2) is 15.0 Å². The minimum atomic E-state index is 0.450. The number of nitrogens with zero attached hydrogens (tertiary/aromatic N) is 3. The van der Waals surface area contributed by atoms with E-state index in [0.29, 0.717) is 11.7 Å². The Labute approximate surface area is 121 Å². The molecule has 3 aromatic rings. The second-order valence-corrected chi connectivity index (χ2v) is 5.45. The molecule has 0 aliphatic carbocycles. The van der Waals surface area contributed by atoms with Crippen molar-refractivity contribution in [2.75, 3.05) is 0 Å². The summed E-state index contributed by atoms with van der Waals surface area (Å²) in [6.45, 7) is 2.42. The second-order valence-electron chi connectivity index (χ2n) is 4.49. The van der Waals surface area contributed by atoms with Crippen LogP contribution in [0.4, 0.5) is 0 Å². The largest absolute Gasteiger partial charge is 0.326 e. The molecule has 0 atom stereocenters. The molecule has 5 heteroatoms. The normalized spacial score (nSPS) is 10.9. The van der Waals surface area contributed by atoms with Crippen LogP contribution in [0.25, 0.3) is 10.9 Å². The Morgan fingerprint density at radius 1 is 1.15 bits per heavy atom. The van der Waals surface area contributed by atoms with Crippen LogP contribution in [0.3, 0.4) is 0 Å². The van der Waals surface area contributed by atoms with Gasteiger partial charge in [0.15, 0.2) is 5.16 Å². The van der Waals surface area contributed by atoms with E-state index in [0.717, 1.165) is 27.1 Å². The summed E-state index contributed by atoms with van der Waals surface area (Å²) < 4.78 is 0. The van der Waals surface area contributed by atoms with Crippen LogP contribution in [0, 0.1) is 6.92 Å². The number of hydrogen-bond acceptors (Lipinski definition) is 5. The number of hydrogen-bond donors (Lipinski definition) is 1. The van der Waals surface area contributed by atoms with Gasteiger partial charge in [0.05, 0.1) is 5.52 Å². The third-order valence-electron chi connectivity index (χ3n) is 2.93. The van der Waals surface area contributed by atoms with Crippen LogP contribution in [0.2, 0.25) is 0 Å². The molecule has 0 bridgehead atoms. The molecule has 0 radical (unpaired) electrons. The molecule has 2 N–H and O–H groups in total. The molecule has 100 valence electrons. The Bertz CT molecular complexity index is 740. The number of benzene rings is 1. The van der Waals surface area contributed by atoms with E-state index in [-0.39, 0.29) is 0 Å². The first-order chi connectivity index (χ1) is 9.76. The summed E-state index contributed by atoms with van der Waals surface area (Å²) in [4.78, 5) is 13.3. The van der Waals surface area contributed by atoms with Gasteiger partial charge in [-0.15, -0.1) is 0 Å². The van der Waals surface area contributed by atoms with Crippen molar-refractivity contribution in [2.45, 2.75) is 23.7 Å². The summed E-state index contributed by atoms with van der Waals surface area (Å²) in [6, 6.07) is 10.1. The highest BCUT2D eigenvalue weighted by Crippen LogP contribution is 2.28. The average Bonchev–Trinajstić information content (AvgIpc) is 2.49. The van der Waals surface area contributed by atoms with E-state index in [4.69, 9.17) is 5.73 Å². The Kier molecular flexibility index (Phi) is 3.62. The lowest BCUT2D eigenvalue weighted by Gasteiger charge is -2.07. The van der Waals surface area contributed by atoms with Crippen LogP contribution >= 0.6 is 11.8 Å². The second kappa shape index (κ2) is 5.56. The quantitative estimate of drug-likeness (QED) is 0.748. The monoisotopic (exact) mass is 282 g/mol. The van der Waals surface area contributed by atoms with E-state index in [9.17, 15) is 0 Å². The Hall–Kier alpha value is -1.98. The van der Waals surface area contributed by atoms with E-state index < -0.39 is 0 Å². The average molecular weight is 282 g/mol.